The van der Waals surface area contributed by atoms with Crippen LogP contribution in [0.1, 0.15) is 34.1 Å². The topological polar surface area (TPSA) is 58.9 Å². The average Bonchev–Trinajstić information content (AvgIpc) is 2.11. The fraction of sp³-hybridized carbons (Fsp3) is 0.875. The van der Waals surface area contributed by atoms with Crippen LogP contribution in [0.3, 0.4) is 0 Å². The first-order valence-electron chi connectivity index (χ1n) is 4.01. The van der Waals surface area contributed by atoms with Crippen molar-refractivity contribution in [3.63, 3.8) is 0 Å². The summed E-state index contributed by atoms with van der Waals surface area (Å²) in [7, 11) is 0. The van der Waals surface area contributed by atoms with Gasteiger partial charge >= 0.3 is 0 Å². The third-order valence-electron chi connectivity index (χ3n) is 2.48. The monoisotopic (exact) mass is 171 g/mol. The molecule has 0 aromatic carbocycles. The number of hydrogen-bond acceptors (Lipinski definition) is 4. The molecule has 1 aliphatic rings. The highest BCUT2D eigenvalue weighted by Gasteiger charge is 2.44. The molecule has 1 N–H and O–H groups in total. The van der Waals surface area contributed by atoms with Gasteiger partial charge in [0.1, 0.15) is 0 Å². The third kappa shape index (κ3) is 1.11. The molecule has 0 saturated carbocycles. The van der Waals surface area contributed by atoms with Crippen LogP contribution >= 0.6 is 0 Å². The largest absolute Gasteiger partial charge is 0.784 e. The molecular formula is C8H15N2O2-. The maximum absolute atomic E-state index is 11.6. The van der Waals surface area contributed by atoms with Crippen molar-refractivity contribution >= 4 is 5.71 Å². The van der Waals surface area contributed by atoms with E-state index in [-0.39, 0.29) is 0 Å². The minimum Gasteiger partial charge on any atom is -0.784 e. The first-order valence-corrected chi connectivity index (χ1v) is 4.01. The Bertz CT molecular complexity index is 221. The van der Waals surface area contributed by atoms with E-state index in [0.29, 0.717) is 12.1 Å². The Morgan fingerprint density at radius 2 is 1.92 bits per heavy atom. The Labute approximate surface area is 72.4 Å². The Kier molecular flexibility index (Phi) is 1.92. The maximum atomic E-state index is 11.6. The molecule has 1 saturated heterocycles. The van der Waals surface area contributed by atoms with Crippen LogP contribution in [-0.4, -0.2) is 27.1 Å². The molecule has 1 rings (SSSR count). The smallest absolute Gasteiger partial charge is 0.0776 e. The van der Waals surface area contributed by atoms with E-state index in [0.717, 1.165) is 5.06 Å². The zero-order valence-electron chi connectivity index (χ0n) is 7.96. The number of oxime groups is 1. The van der Waals surface area contributed by atoms with Crippen molar-refractivity contribution in [1.82, 2.24) is 5.06 Å². The van der Waals surface area contributed by atoms with Gasteiger partial charge in [0.15, 0.2) is 0 Å². The fourth-order valence-electron chi connectivity index (χ4n) is 1.73. The Hall–Kier alpha value is -0.610. The van der Waals surface area contributed by atoms with Gasteiger partial charge in [-0.15, -0.1) is 0 Å². The van der Waals surface area contributed by atoms with E-state index in [1.807, 2.05) is 13.8 Å². The summed E-state index contributed by atoms with van der Waals surface area (Å²) in [6.45, 7) is 7.23. The second-order valence-electron chi connectivity index (χ2n) is 4.39. The van der Waals surface area contributed by atoms with Crippen LogP contribution in [0.25, 0.3) is 0 Å². The lowest BCUT2D eigenvalue weighted by molar-refractivity contribution is 0.157. The van der Waals surface area contributed by atoms with Crippen molar-refractivity contribution in [2.45, 2.75) is 45.2 Å². The van der Waals surface area contributed by atoms with E-state index in [4.69, 9.17) is 5.21 Å². The van der Waals surface area contributed by atoms with Gasteiger partial charge in [-0.25, -0.2) is 0 Å². The van der Waals surface area contributed by atoms with Crippen LogP contribution in [0.5, 0.6) is 0 Å². The molecule has 4 nitrogen and oxygen atoms in total. The van der Waals surface area contributed by atoms with Gasteiger partial charge in [-0.3, -0.25) is 0 Å². The standard InChI is InChI=1S/C8H15N2O2/c1-7(2)5-6(9-11)8(3,4)10(7)12/h11H,5H2,1-4H3/q-1/b9-6+. The zero-order chi connectivity index (χ0) is 9.57. The van der Waals surface area contributed by atoms with Gasteiger partial charge in [0.05, 0.1) is 5.71 Å². The summed E-state index contributed by atoms with van der Waals surface area (Å²) < 4.78 is 0. The Morgan fingerprint density at radius 1 is 1.42 bits per heavy atom. The van der Waals surface area contributed by atoms with E-state index in [2.05, 4.69) is 5.16 Å². The Morgan fingerprint density at radius 3 is 2.08 bits per heavy atom. The van der Waals surface area contributed by atoms with Gasteiger partial charge in [-0.1, -0.05) is 5.16 Å². The quantitative estimate of drug-likeness (QED) is 0.444. The molecule has 0 unspecified atom stereocenters. The molecule has 70 valence electrons. The van der Waals surface area contributed by atoms with E-state index in [1.165, 1.54) is 0 Å². The van der Waals surface area contributed by atoms with Crippen molar-refractivity contribution < 1.29 is 5.21 Å². The van der Waals surface area contributed by atoms with Gasteiger partial charge in [-0.05, 0) is 27.7 Å². The van der Waals surface area contributed by atoms with Gasteiger partial charge in [0.25, 0.3) is 0 Å². The molecule has 0 aromatic rings. The van der Waals surface area contributed by atoms with Crippen molar-refractivity contribution in [2.24, 2.45) is 5.16 Å². The third-order valence-corrected chi connectivity index (χ3v) is 2.48. The molecule has 0 spiro atoms. The fourth-order valence-corrected chi connectivity index (χ4v) is 1.73. The lowest BCUT2D eigenvalue weighted by Crippen LogP contribution is -2.45. The molecule has 12 heavy (non-hydrogen) atoms. The second-order valence-corrected chi connectivity index (χ2v) is 4.39. The summed E-state index contributed by atoms with van der Waals surface area (Å²) in [5.41, 5.74) is -0.564. The summed E-state index contributed by atoms with van der Waals surface area (Å²) in [6, 6.07) is 0. The van der Waals surface area contributed by atoms with Crippen LogP contribution in [0.15, 0.2) is 5.16 Å². The molecule has 0 atom stereocenters. The van der Waals surface area contributed by atoms with Crippen molar-refractivity contribution in [3.8, 4) is 0 Å². The SMILES string of the molecule is CC1(C)C/C(=N\O)C(C)(C)N1[O-]. The number of rotatable bonds is 0. The van der Waals surface area contributed by atoms with Crippen LogP contribution in [-0.2, 0) is 0 Å². The highest BCUT2D eigenvalue weighted by molar-refractivity contribution is 5.95. The number of hydroxylamine groups is 2. The number of hydrogen-bond donors (Lipinski definition) is 1. The second kappa shape index (κ2) is 2.44. The van der Waals surface area contributed by atoms with Crippen LogP contribution < -0.4 is 0 Å². The van der Waals surface area contributed by atoms with Crippen LogP contribution in [0.2, 0.25) is 0 Å². The lowest BCUT2D eigenvalue weighted by atomic mass is 9.98. The van der Waals surface area contributed by atoms with Gasteiger partial charge in [-0.2, -0.15) is 0 Å². The molecule has 0 amide bonds. The Balaban J connectivity index is 3.05. The summed E-state index contributed by atoms with van der Waals surface area (Å²) in [4.78, 5) is 0. The highest BCUT2D eigenvalue weighted by Crippen LogP contribution is 2.37. The minimum absolute atomic E-state index is 0.453. The van der Waals surface area contributed by atoms with Crippen LogP contribution in [0.4, 0.5) is 0 Å². The molecule has 0 bridgehead atoms. The molecule has 1 heterocycles. The normalized spacial score (nSPS) is 31.2. The first kappa shape index (κ1) is 9.48. The molecule has 4 heteroatoms. The van der Waals surface area contributed by atoms with E-state index in [9.17, 15) is 5.21 Å². The molecular weight excluding hydrogens is 156 g/mol. The van der Waals surface area contributed by atoms with E-state index in [1.54, 1.807) is 13.8 Å². The van der Waals surface area contributed by atoms with Crippen molar-refractivity contribution in [1.29, 1.82) is 0 Å². The average molecular weight is 171 g/mol. The molecule has 1 fully saturated rings. The van der Waals surface area contributed by atoms with Gasteiger partial charge in [0, 0.05) is 17.5 Å². The van der Waals surface area contributed by atoms with Crippen molar-refractivity contribution in [3.05, 3.63) is 5.21 Å². The van der Waals surface area contributed by atoms with Crippen molar-refractivity contribution in [2.75, 3.05) is 0 Å². The molecule has 0 radical (unpaired) electrons. The van der Waals surface area contributed by atoms with Crippen LogP contribution in [0, 0.1) is 5.21 Å². The number of nitrogens with zero attached hydrogens (tertiary/aromatic N) is 2. The first-order chi connectivity index (χ1) is 5.32. The molecule has 0 aromatic heterocycles. The minimum atomic E-state index is -0.668. The summed E-state index contributed by atoms with van der Waals surface area (Å²) in [5.74, 6) is 0. The molecule has 1 aliphatic heterocycles. The maximum Gasteiger partial charge on any atom is 0.0776 e. The lowest BCUT2D eigenvalue weighted by Gasteiger charge is -2.45. The van der Waals surface area contributed by atoms with Gasteiger partial charge in [0.2, 0.25) is 0 Å². The zero-order valence-corrected chi connectivity index (χ0v) is 7.96. The summed E-state index contributed by atoms with van der Waals surface area (Å²) in [6.07, 6.45) is 0.528. The predicted molar refractivity (Wildman–Crippen MR) is 47.2 cm³/mol. The van der Waals surface area contributed by atoms with Gasteiger partial charge < -0.3 is 15.5 Å². The molecule has 0 aliphatic carbocycles. The highest BCUT2D eigenvalue weighted by atomic mass is 16.5. The predicted octanol–water partition coefficient (Wildman–Crippen LogP) is 1.58. The van der Waals surface area contributed by atoms with E-state index >= 15 is 0 Å². The van der Waals surface area contributed by atoms with E-state index < -0.39 is 11.1 Å². The summed E-state index contributed by atoms with van der Waals surface area (Å²) >= 11 is 0. The summed E-state index contributed by atoms with van der Waals surface area (Å²) in [5, 5.41) is 24.5.